The third-order valence-electron chi connectivity index (χ3n) is 5.44. The SMILES string of the molecule is COc1cc(NC(=O)CN2C(=O)NC(C)(c3ccc4c(c3)OCCO4)C2=O)c(OC)cc1Cl. The van der Waals surface area contributed by atoms with Crippen LogP contribution in [0.2, 0.25) is 5.02 Å². The van der Waals surface area contributed by atoms with Gasteiger partial charge in [-0.05, 0) is 24.6 Å². The highest BCUT2D eigenvalue weighted by atomic mass is 35.5. The first-order valence-electron chi connectivity index (χ1n) is 10.0. The lowest BCUT2D eigenvalue weighted by Gasteiger charge is -2.25. The maximum atomic E-state index is 13.2. The molecule has 10 nitrogen and oxygen atoms in total. The predicted molar refractivity (Wildman–Crippen MR) is 118 cm³/mol. The first-order chi connectivity index (χ1) is 15.8. The highest BCUT2D eigenvalue weighted by Gasteiger charge is 2.49. The molecule has 0 aliphatic carbocycles. The van der Waals surface area contributed by atoms with E-state index < -0.39 is 29.9 Å². The van der Waals surface area contributed by atoms with Gasteiger partial charge in [0, 0.05) is 12.1 Å². The Labute approximate surface area is 194 Å². The van der Waals surface area contributed by atoms with Crippen LogP contribution < -0.4 is 29.6 Å². The highest BCUT2D eigenvalue weighted by molar-refractivity contribution is 6.32. The number of carbonyl (C=O) groups is 3. The molecular weight excluding hydrogens is 454 g/mol. The quantitative estimate of drug-likeness (QED) is 0.617. The summed E-state index contributed by atoms with van der Waals surface area (Å²) in [7, 11) is 2.86. The molecule has 1 fully saturated rings. The monoisotopic (exact) mass is 475 g/mol. The highest BCUT2D eigenvalue weighted by Crippen LogP contribution is 2.38. The van der Waals surface area contributed by atoms with Crippen LogP contribution >= 0.6 is 11.6 Å². The Balaban J connectivity index is 1.52. The summed E-state index contributed by atoms with van der Waals surface area (Å²) in [6, 6.07) is 7.31. The smallest absolute Gasteiger partial charge is 0.325 e. The number of carbonyl (C=O) groups excluding carboxylic acids is 3. The van der Waals surface area contributed by atoms with E-state index in [1.807, 2.05) is 0 Å². The van der Waals surface area contributed by atoms with Crippen LogP contribution in [-0.2, 0) is 15.1 Å². The van der Waals surface area contributed by atoms with Gasteiger partial charge < -0.3 is 29.6 Å². The van der Waals surface area contributed by atoms with Gasteiger partial charge in [-0.1, -0.05) is 17.7 Å². The number of nitrogens with zero attached hydrogens (tertiary/aromatic N) is 1. The number of nitrogens with one attached hydrogen (secondary N) is 2. The van der Waals surface area contributed by atoms with Gasteiger partial charge in [0.2, 0.25) is 5.91 Å². The number of imide groups is 1. The molecule has 4 rings (SSSR count). The first-order valence-corrected chi connectivity index (χ1v) is 10.4. The number of halogens is 1. The molecule has 1 saturated heterocycles. The van der Waals surface area contributed by atoms with Crippen molar-refractivity contribution < 1.29 is 33.3 Å². The van der Waals surface area contributed by atoms with Crippen molar-refractivity contribution in [3.8, 4) is 23.0 Å². The number of hydrogen-bond donors (Lipinski definition) is 2. The molecule has 174 valence electrons. The number of benzene rings is 2. The van der Waals surface area contributed by atoms with Crippen molar-refractivity contribution in [2.75, 3.05) is 39.3 Å². The number of anilines is 1. The number of urea groups is 1. The zero-order valence-electron chi connectivity index (χ0n) is 18.2. The van der Waals surface area contributed by atoms with Gasteiger partial charge in [-0.15, -0.1) is 0 Å². The van der Waals surface area contributed by atoms with Gasteiger partial charge in [0.25, 0.3) is 5.91 Å². The zero-order chi connectivity index (χ0) is 23.8. The Morgan fingerprint density at radius 2 is 1.82 bits per heavy atom. The molecule has 0 aromatic heterocycles. The van der Waals surface area contributed by atoms with Crippen LogP contribution in [0.5, 0.6) is 23.0 Å². The van der Waals surface area contributed by atoms with E-state index >= 15 is 0 Å². The fourth-order valence-corrected chi connectivity index (χ4v) is 3.91. The molecule has 2 N–H and O–H groups in total. The van der Waals surface area contributed by atoms with Crippen molar-refractivity contribution in [3.63, 3.8) is 0 Å². The standard InChI is InChI=1S/C22H22ClN3O7/c1-22(12-4-5-15-18(8-12)33-7-6-32-15)20(28)26(21(29)25-22)11-19(27)24-14-10-16(30-2)13(23)9-17(14)31-3/h4-5,8-10H,6-7,11H2,1-3H3,(H,24,27)(H,25,29). The largest absolute Gasteiger partial charge is 0.495 e. The number of hydrogen-bond acceptors (Lipinski definition) is 7. The summed E-state index contributed by atoms with van der Waals surface area (Å²) in [5.41, 5.74) is -0.573. The second-order valence-corrected chi connectivity index (χ2v) is 7.95. The Hall–Kier alpha value is -3.66. The Bertz CT molecular complexity index is 1140. The van der Waals surface area contributed by atoms with Crippen molar-refractivity contribution in [2.24, 2.45) is 0 Å². The molecule has 33 heavy (non-hydrogen) atoms. The minimum absolute atomic E-state index is 0.283. The van der Waals surface area contributed by atoms with Crippen molar-refractivity contribution in [1.29, 1.82) is 0 Å². The summed E-state index contributed by atoms with van der Waals surface area (Å²) in [5.74, 6) is 0.505. The molecule has 0 bridgehead atoms. The molecule has 2 aliphatic heterocycles. The molecule has 11 heteroatoms. The molecule has 4 amide bonds. The Morgan fingerprint density at radius 3 is 2.52 bits per heavy atom. The van der Waals surface area contributed by atoms with E-state index in [0.717, 1.165) is 4.90 Å². The maximum absolute atomic E-state index is 13.2. The lowest BCUT2D eigenvalue weighted by molar-refractivity contribution is -0.133. The van der Waals surface area contributed by atoms with Gasteiger partial charge in [-0.3, -0.25) is 14.5 Å². The first kappa shape index (κ1) is 22.5. The molecule has 1 atom stereocenters. The molecule has 2 heterocycles. The van der Waals surface area contributed by atoms with Crippen LogP contribution in [0.25, 0.3) is 0 Å². The molecular formula is C22H22ClN3O7. The fourth-order valence-electron chi connectivity index (χ4n) is 3.68. The van der Waals surface area contributed by atoms with Gasteiger partial charge in [-0.25, -0.2) is 4.79 Å². The number of methoxy groups -OCH3 is 2. The number of amides is 4. The summed E-state index contributed by atoms with van der Waals surface area (Å²) in [6.45, 7) is 1.90. The molecule has 2 aliphatic rings. The second kappa shape index (κ2) is 8.70. The minimum Gasteiger partial charge on any atom is -0.495 e. The minimum atomic E-state index is -1.37. The van der Waals surface area contributed by atoms with Crippen LogP contribution in [0.4, 0.5) is 10.5 Å². The van der Waals surface area contributed by atoms with Crippen molar-refractivity contribution in [2.45, 2.75) is 12.5 Å². The third-order valence-corrected chi connectivity index (χ3v) is 5.74. The lowest BCUT2D eigenvalue weighted by atomic mass is 9.91. The molecule has 0 spiro atoms. The summed E-state index contributed by atoms with van der Waals surface area (Å²) in [5, 5.41) is 5.60. The van der Waals surface area contributed by atoms with Crippen LogP contribution in [0.1, 0.15) is 12.5 Å². The van der Waals surface area contributed by atoms with Gasteiger partial charge in [0.15, 0.2) is 11.5 Å². The van der Waals surface area contributed by atoms with E-state index in [0.29, 0.717) is 46.8 Å². The molecule has 0 radical (unpaired) electrons. The number of rotatable bonds is 6. The Kier molecular flexibility index (Phi) is 5.94. The van der Waals surface area contributed by atoms with Crippen LogP contribution in [0, 0.1) is 0 Å². The van der Waals surface area contributed by atoms with Crippen molar-refractivity contribution in [1.82, 2.24) is 10.2 Å². The lowest BCUT2D eigenvalue weighted by Crippen LogP contribution is -2.42. The second-order valence-electron chi connectivity index (χ2n) is 7.54. The van der Waals surface area contributed by atoms with E-state index in [9.17, 15) is 14.4 Å². The van der Waals surface area contributed by atoms with Crippen molar-refractivity contribution >= 4 is 35.1 Å². The van der Waals surface area contributed by atoms with Gasteiger partial charge in [0.1, 0.15) is 36.8 Å². The summed E-state index contributed by atoms with van der Waals surface area (Å²) < 4.78 is 21.5. The van der Waals surface area contributed by atoms with E-state index in [2.05, 4.69) is 10.6 Å². The van der Waals surface area contributed by atoms with Crippen LogP contribution in [-0.4, -0.2) is 56.7 Å². The molecule has 2 aromatic carbocycles. The van der Waals surface area contributed by atoms with Crippen LogP contribution in [0.15, 0.2) is 30.3 Å². The molecule has 2 aromatic rings. The number of ether oxygens (including phenoxy) is 4. The fraction of sp³-hybridized carbons (Fsp3) is 0.318. The van der Waals surface area contributed by atoms with E-state index in [4.69, 9.17) is 30.5 Å². The topological polar surface area (TPSA) is 115 Å². The van der Waals surface area contributed by atoms with E-state index in [-0.39, 0.29) is 5.69 Å². The van der Waals surface area contributed by atoms with Crippen molar-refractivity contribution in [3.05, 3.63) is 40.9 Å². The summed E-state index contributed by atoms with van der Waals surface area (Å²) in [4.78, 5) is 39.4. The van der Waals surface area contributed by atoms with Gasteiger partial charge in [-0.2, -0.15) is 0 Å². The molecule has 1 unspecified atom stereocenters. The maximum Gasteiger partial charge on any atom is 0.325 e. The van der Waals surface area contributed by atoms with Crippen LogP contribution in [0.3, 0.4) is 0 Å². The normalized spacial score (nSPS) is 19.2. The molecule has 0 saturated carbocycles. The van der Waals surface area contributed by atoms with Gasteiger partial charge >= 0.3 is 6.03 Å². The predicted octanol–water partition coefficient (Wildman–Crippen LogP) is 2.53. The average Bonchev–Trinajstić information content (AvgIpc) is 3.03. The average molecular weight is 476 g/mol. The van der Waals surface area contributed by atoms with Gasteiger partial charge in [0.05, 0.1) is 24.9 Å². The third kappa shape index (κ3) is 4.09. The zero-order valence-corrected chi connectivity index (χ0v) is 18.9. The van der Waals surface area contributed by atoms with E-state index in [1.165, 1.54) is 26.4 Å². The Morgan fingerprint density at radius 1 is 1.12 bits per heavy atom. The number of fused-ring (bicyclic) bond motifs is 1. The summed E-state index contributed by atoms with van der Waals surface area (Å²) >= 11 is 6.09. The summed E-state index contributed by atoms with van der Waals surface area (Å²) in [6.07, 6.45) is 0. The van der Waals surface area contributed by atoms with E-state index in [1.54, 1.807) is 25.1 Å².